The Morgan fingerprint density at radius 1 is 1.12 bits per heavy atom. The first-order valence-corrected chi connectivity index (χ1v) is 8.75. The fourth-order valence-corrected chi connectivity index (χ4v) is 3.43. The lowest BCUT2D eigenvalue weighted by atomic mass is 10.2. The molecule has 0 saturated carbocycles. The van der Waals surface area contributed by atoms with Crippen molar-refractivity contribution >= 4 is 48.8 Å². The molecule has 1 aromatic rings. The molecule has 0 bridgehead atoms. The number of piperazine rings is 1. The predicted octanol–water partition coefficient (Wildman–Crippen LogP) is 2.28. The van der Waals surface area contributed by atoms with Gasteiger partial charge in [0.2, 0.25) is 5.91 Å². The molecule has 2 heterocycles. The van der Waals surface area contributed by atoms with Gasteiger partial charge in [0.05, 0.1) is 6.04 Å². The summed E-state index contributed by atoms with van der Waals surface area (Å²) in [5.41, 5.74) is 1.31. The molecule has 0 aromatic heterocycles. The number of rotatable bonds is 5. The highest BCUT2D eigenvalue weighted by atomic mass is 35.5. The number of para-hydroxylation sites is 1. The van der Waals surface area contributed by atoms with E-state index in [1.165, 1.54) is 5.69 Å². The van der Waals surface area contributed by atoms with Gasteiger partial charge in [-0.3, -0.25) is 9.69 Å². The van der Waals surface area contributed by atoms with Crippen molar-refractivity contribution in [3.8, 4) is 0 Å². The maximum absolute atomic E-state index is 12.3. The second-order valence-corrected chi connectivity index (χ2v) is 6.57. The Morgan fingerprint density at radius 3 is 2.35 bits per heavy atom. The minimum atomic E-state index is 0. The van der Waals surface area contributed by atoms with Crippen LogP contribution in [0, 0.1) is 0 Å². The van der Waals surface area contributed by atoms with Gasteiger partial charge in [-0.1, -0.05) is 18.2 Å². The second kappa shape index (κ2) is 12.6. The van der Waals surface area contributed by atoms with E-state index in [4.69, 9.17) is 0 Å². The highest BCUT2D eigenvalue weighted by molar-refractivity contribution is 5.86. The van der Waals surface area contributed by atoms with Crippen LogP contribution in [0.3, 0.4) is 0 Å². The van der Waals surface area contributed by atoms with E-state index >= 15 is 0 Å². The monoisotopic (exact) mass is 424 g/mol. The van der Waals surface area contributed by atoms with Crippen LogP contribution >= 0.6 is 37.2 Å². The molecule has 1 aromatic carbocycles. The maximum Gasteiger partial charge on any atom is 0.239 e. The van der Waals surface area contributed by atoms with E-state index < -0.39 is 0 Å². The standard InChI is InChI=1S/C18H28N4O.3ClH/c1-20(18(23)17-8-5-9-19-17)10-11-21-12-14-22(15-13-21)16-6-3-2-4-7-16;;;/h2-4,6-7,17,19H,5,8-15H2,1H3;3*1H. The zero-order chi connectivity index (χ0) is 16.1. The molecule has 0 aliphatic carbocycles. The molecule has 1 unspecified atom stereocenters. The Labute approximate surface area is 175 Å². The third-order valence-corrected chi connectivity index (χ3v) is 4.98. The van der Waals surface area contributed by atoms with Crippen molar-refractivity contribution in [3.05, 3.63) is 30.3 Å². The number of hydrogen-bond donors (Lipinski definition) is 1. The summed E-state index contributed by atoms with van der Waals surface area (Å²) in [4.78, 5) is 19.1. The molecule has 2 aliphatic rings. The number of benzene rings is 1. The number of likely N-dealkylation sites (N-methyl/N-ethyl adjacent to an activating group) is 1. The van der Waals surface area contributed by atoms with Gasteiger partial charge in [-0.15, -0.1) is 37.2 Å². The highest BCUT2D eigenvalue weighted by Gasteiger charge is 2.25. The van der Waals surface area contributed by atoms with Gasteiger partial charge in [-0.05, 0) is 31.5 Å². The number of carbonyl (C=O) groups excluding carboxylic acids is 1. The fraction of sp³-hybridized carbons (Fsp3) is 0.611. The van der Waals surface area contributed by atoms with Crippen LogP contribution in [0.2, 0.25) is 0 Å². The highest BCUT2D eigenvalue weighted by Crippen LogP contribution is 2.15. The van der Waals surface area contributed by atoms with Crippen LogP contribution in [0.25, 0.3) is 0 Å². The van der Waals surface area contributed by atoms with Crippen molar-refractivity contribution in [2.75, 3.05) is 57.8 Å². The molecule has 150 valence electrons. The molecular formula is C18H31Cl3N4O. The fourth-order valence-electron chi connectivity index (χ4n) is 3.43. The van der Waals surface area contributed by atoms with Gasteiger partial charge in [0, 0.05) is 52.0 Å². The largest absolute Gasteiger partial charge is 0.369 e. The van der Waals surface area contributed by atoms with E-state index in [9.17, 15) is 4.79 Å². The summed E-state index contributed by atoms with van der Waals surface area (Å²) in [6.45, 7) is 7.03. The molecule has 2 fully saturated rings. The molecule has 0 spiro atoms. The number of amides is 1. The number of nitrogens with zero attached hydrogens (tertiary/aromatic N) is 3. The molecular weight excluding hydrogens is 395 g/mol. The zero-order valence-electron chi connectivity index (χ0n) is 15.3. The summed E-state index contributed by atoms with van der Waals surface area (Å²) < 4.78 is 0. The Balaban J connectivity index is 0.00000208. The quantitative estimate of drug-likeness (QED) is 0.785. The number of halogens is 3. The van der Waals surface area contributed by atoms with Gasteiger partial charge >= 0.3 is 0 Å². The molecule has 3 rings (SSSR count). The average molecular weight is 426 g/mol. The van der Waals surface area contributed by atoms with Crippen LogP contribution in [0.5, 0.6) is 0 Å². The predicted molar refractivity (Wildman–Crippen MR) is 116 cm³/mol. The van der Waals surface area contributed by atoms with Crippen LogP contribution in [-0.4, -0.2) is 74.6 Å². The van der Waals surface area contributed by atoms with Crippen molar-refractivity contribution in [3.63, 3.8) is 0 Å². The molecule has 1 amide bonds. The number of anilines is 1. The van der Waals surface area contributed by atoms with Crippen molar-refractivity contribution in [2.24, 2.45) is 0 Å². The minimum absolute atomic E-state index is 0. The summed E-state index contributed by atoms with van der Waals surface area (Å²) in [6.07, 6.45) is 2.10. The molecule has 2 saturated heterocycles. The Morgan fingerprint density at radius 2 is 1.77 bits per heavy atom. The van der Waals surface area contributed by atoms with E-state index in [0.29, 0.717) is 0 Å². The first-order chi connectivity index (χ1) is 11.2. The average Bonchev–Trinajstić information content (AvgIpc) is 3.15. The lowest BCUT2D eigenvalue weighted by molar-refractivity contribution is -0.131. The smallest absolute Gasteiger partial charge is 0.239 e. The van der Waals surface area contributed by atoms with Crippen LogP contribution in [-0.2, 0) is 4.79 Å². The van der Waals surface area contributed by atoms with Crippen LogP contribution in [0.15, 0.2) is 30.3 Å². The summed E-state index contributed by atoms with van der Waals surface area (Å²) in [7, 11) is 1.93. The third kappa shape index (κ3) is 6.78. The van der Waals surface area contributed by atoms with Crippen LogP contribution < -0.4 is 10.2 Å². The number of carbonyl (C=O) groups is 1. The van der Waals surface area contributed by atoms with Crippen molar-refractivity contribution in [2.45, 2.75) is 18.9 Å². The van der Waals surface area contributed by atoms with Crippen molar-refractivity contribution < 1.29 is 4.79 Å². The Hall–Kier alpha value is -0.720. The van der Waals surface area contributed by atoms with E-state index in [2.05, 4.69) is 45.4 Å². The molecule has 5 nitrogen and oxygen atoms in total. The maximum atomic E-state index is 12.3. The summed E-state index contributed by atoms with van der Waals surface area (Å²) in [6, 6.07) is 10.7. The molecule has 26 heavy (non-hydrogen) atoms. The van der Waals surface area contributed by atoms with Gasteiger partial charge in [0.15, 0.2) is 0 Å². The Kier molecular flexibility index (Phi) is 12.3. The van der Waals surface area contributed by atoms with E-state index in [-0.39, 0.29) is 49.2 Å². The lowest BCUT2D eigenvalue weighted by Crippen LogP contribution is -2.50. The summed E-state index contributed by atoms with van der Waals surface area (Å²) in [5, 5.41) is 3.29. The first kappa shape index (κ1) is 25.3. The number of nitrogens with one attached hydrogen (secondary N) is 1. The minimum Gasteiger partial charge on any atom is -0.369 e. The molecule has 1 atom stereocenters. The van der Waals surface area contributed by atoms with Crippen LogP contribution in [0.4, 0.5) is 5.69 Å². The van der Waals surface area contributed by atoms with E-state index in [0.717, 1.165) is 58.7 Å². The van der Waals surface area contributed by atoms with Gasteiger partial charge in [0.1, 0.15) is 0 Å². The molecule has 8 heteroatoms. The van der Waals surface area contributed by atoms with Gasteiger partial charge in [-0.2, -0.15) is 0 Å². The van der Waals surface area contributed by atoms with Crippen molar-refractivity contribution in [1.29, 1.82) is 0 Å². The van der Waals surface area contributed by atoms with Gasteiger partial charge < -0.3 is 15.1 Å². The first-order valence-electron chi connectivity index (χ1n) is 8.75. The topological polar surface area (TPSA) is 38.8 Å². The van der Waals surface area contributed by atoms with E-state index in [1.54, 1.807) is 0 Å². The summed E-state index contributed by atoms with van der Waals surface area (Å²) in [5.74, 6) is 0.255. The molecule has 2 aliphatic heterocycles. The van der Waals surface area contributed by atoms with Crippen molar-refractivity contribution in [1.82, 2.24) is 15.1 Å². The zero-order valence-corrected chi connectivity index (χ0v) is 17.8. The second-order valence-electron chi connectivity index (χ2n) is 6.57. The molecule has 0 radical (unpaired) electrons. The normalized spacial score (nSPS) is 19.7. The molecule has 1 N–H and O–H groups in total. The SMILES string of the molecule is CN(CCN1CCN(c2ccccc2)CC1)C(=O)C1CCCN1.Cl.Cl.Cl. The van der Waals surface area contributed by atoms with Gasteiger partial charge in [0.25, 0.3) is 0 Å². The lowest BCUT2D eigenvalue weighted by Gasteiger charge is -2.36. The van der Waals surface area contributed by atoms with E-state index in [1.807, 2.05) is 11.9 Å². The van der Waals surface area contributed by atoms with Gasteiger partial charge in [-0.25, -0.2) is 0 Å². The summed E-state index contributed by atoms with van der Waals surface area (Å²) >= 11 is 0. The third-order valence-electron chi connectivity index (χ3n) is 4.98. The van der Waals surface area contributed by atoms with Crippen LogP contribution in [0.1, 0.15) is 12.8 Å². The Bertz CT molecular complexity index is 506. The number of hydrogen-bond acceptors (Lipinski definition) is 4.